The molecular weight excluding hydrogens is 316 g/mol. The molecule has 1 unspecified atom stereocenters. The molecule has 25 heavy (non-hydrogen) atoms. The fraction of sp³-hybridized carbons (Fsp3) is 0.200. The first-order valence-electron chi connectivity index (χ1n) is 8.06. The summed E-state index contributed by atoms with van der Waals surface area (Å²) in [6, 6.07) is 13.2. The van der Waals surface area contributed by atoms with Crippen LogP contribution in [-0.4, -0.2) is 23.4 Å². The third-order valence-electron chi connectivity index (χ3n) is 4.96. The van der Waals surface area contributed by atoms with Gasteiger partial charge in [0.1, 0.15) is 0 Å². The second-order valence-electron chi connectivity index (χ2n) is 6.36. The molecule has 1 aromatic heterocycles. The van der Waals surface area contributed by atoms with Gasteiger partial charge in [0, 0.05) is 41.0 Å². The maximum absolute atomic E-state index is 13.4. The van der Waals surface area contributed by atoms with Gasteiger partial charge in [-0.1, -0.05) is 30.3 Å². The largest absolute Gasteiger partial charge is 0.467 e. The zero-order chi connectivity index (χ0) is 17.8. The number of carbonyl (C=O) groups excluding carboxylic acids is 2. The van der Waals surface area contributed by atoms with Crippen molar-refractivity contribution < 1.29 is 14.3 Å². The molecule has 5 nitrogen and oxygen atoms in total. The lowest BCUT2D eigenvalue weighted by Crippen LogP contribution is -2.47. The molecular formula is C20H18N2O3. The predicted molar refractivity (Wildman–Crippen MR) is 95.7 cm³/mol. The Kier molecular flexibility index (Phi) is 3.22. The van der Waals surface area contributed by atoms with Crippen LogP contribution in [0.25, 0.3) is 10.9 Å². The summed E-state index contributed by atoms with van der Waals surface area (Å²) in [6.45, 7) is 1.91. The number of fused-ring (bicyclic) bond motifs is 2. The van der Waals surface area contributed by atoms with Crippen molar-refractivity contribution in [2.75, 3.05) is 12.4 Å². The zero-order valence-electron chi connectivity index (χ0n) is 14.3. The summed E-state index contributed by atoms with van der Waals surface area (Å²) in [5.74, 6) is -0.890. The molecule has 5 heteroatoms. The van der Waals surface area contributed by atoms with E-state index in [4.69, 9.17) is 4.74 Å². The third-order valence-corrected chi connectivity index (χ3v) is 4.96. The molecule has 2 heterocycles. The molecule has 4 rings (SSSR count). The number of benzene rings is 2. The fourth-order valence-electron chi connectivity index (χ4n) is 3.71. The maximum Gasteiger partial charge on any atom is 0.344 e. The summed E-state index contributed by atoms with van der Waals surface area (Å²) in [5.41, 5.74) is 2.10. The first kappa shape index (κ1) is 15.4. The van der Waals surface area contributed by atoms with Crippen LogP contribution in [0, 0.1) is 6.92 Å². The molecule has 0 radical (unpaired) electrons. The Bertz CT molecular complexity index is 1030. The van der Waals surface area contributed by atoms with Crippen molar-refractivity contribution in [2.45, 2.75) is 12.5 Å². The summed E-state index contributed by atoms with van der Waals surface area (Å²) in [7, 11) is 3.20. The number of Topliss-reactive ketones (excluding diaryl/α,β-unsaturated/α-hetero) is 1. The second kappa shape index (κ2) is 5.21. The molecule has 0 fully saturated rings. The number of ether oxygens (including phenoxy) is 1. The number of hydrogen-bond donors (Lipinski definition) is 1. The van der Waals surface area contributed by atoms with Gasteiger partial charge < -0.3 is 14.6 Å². The number of para-hydroxylation sites is 2. The molecule has 0 bridgehead atoms. The van der Waals surface area contributed by atoms with Gasteiger partial charge in [0.15, 0.2) is 0 Å². The lowest BCUT2D eigenvalue weighted by molar-refractivity contribution is -0.144. The monoisotopic (exact) mass is 334 g/mol. The van der Waals surface area contributed by atoms with E-state index in [-0.39, 0.29) is 5.78 Å². The van der Waals surface area contributed by atoms with E-state index in [9.17, 15) is 9.59 Å². The van der Waals surface area contributed by atoms with Gasteiger partial charge in [0.2, 0.25) is 11.3 Å². The average molecular weight is 334 g/mol. The number of methoxy groups -OCH3 is 1. The Morgan fingerprint density at radius 3 is 2.64 bits per heavy atom. The van der Waals surface area contributed by atoms with Gasteiger partial charge in [0.05, 0.1) is 7.11 Å². The first-order chi connectivity index (χ1) is 12.0. The van der Waals surface area contributed by atoms with E-state index in [0.29, 0.717) is 16.8 Å². The minimum atomic E-state index is -1.57. The Morgan fingerprint density at radius 1 is 1.16 bits per heavy atom. The molecule has 1 aliphatic heterocycles. The average Bonchev–Trinajstić information content (AvgIpc) is 3.12. The normalized spacial score (nSPS) is 18.9. The zero-order valence-corrected chi connectivity index (χ0v) is 14.3. The second-order valence-corrected chi connectivity index (χ2v) is 6.36. The van der Waals surface area contributed by atoms with Gasteiger partial charge in [-0.3, -0.25) is 4.79 Å². The number of nitrogens with one attached hydrogen (secondary N) is 1. The fourth-order valence-corrected chi connectivity index (χ4v) is 3.71. The molecule has 126 valence electrons. The minimum absolute atomic E-state index is 0.283. The quantitative estimate of drug-likeness (QED) is 0.578. The van der Waals surface area contributed by atoms with E-state index in [1.807, 2.05) is 61.1 Å². The van der Waals surface area contributed by atoms with E-state index < -0.39 is 11.5 Å². The van der Waals surface area contributed by atoms with Crippen molar-refractivity contribution in [3.8, 4) is 0 Å². The Balaban J connectivity index is 2.05. The van der Waals surface area contributed by atoms with Crippen molar-refractivity contribution in [1.82, 2.24) is 4.57 Å². The van der Waals surface area contributed by atoms with Crippen LogP contribution in [0.5, 0.6) is 0 Å². The smallest absolute Gasteiger partial charge is 0.344 e. The van der Waals surface area contributed by atoms with Gasteiger partial charge in [-0.2, -0.15) is 0 Å². The standard InChI is InChI=1S/C20H18N2O3/c1-12-7-6-9-14-17(12)21-20(18(14)23,19(24)25-3)15-11-22(2)16-10-5-4-8-13(15)16/h4-11,21H,1-3H3. The van der Waals surface area contributed by atoms with Crippen LogP contribution in [0.1, 0.15) is 21.5 Å². The summed E-state index contributed by atoms with van der Waals surface area (Å²) in [5, 5.41) is 4.05. The van der Waals surface area contributed by atoms with Gasteiger partial charge in [0.25, 0.3) is 0 Å². The molecule has 0 amide bonds. The Hall–Kier alpha value is -3.08. The number of anilines is 1. The number of aromatic nitrogens is 1. The molecule has 0 saturated heterocycles. The highest BCUT2D eigenvalue weighted by Gasteiger charge is 2.55. The maximum atomic E-state index is 13.4. The molecule has 2 aromatic carbocycles. The Labute approximate surface area is 145 Å². The van der Waals surface area contributed by atoms with Crippen LogP contribution in [-0.2, 0) is 22.1 Å². The summed E-state index contributed by atoms with van der Waals surface area (Å²) < 4.78 is 6.98. The van der Waals surface area contributed by atoms with Crippen molar-refractivity contribution in [3.05, 3.63) is 65.4 Å². The lowest BCUT2D eigenvalue weighted by atomic mass is 9.85. The van der Waals surface area contributed by atoms with Crippen LogP contribution < -0.4 is 5.32 Å². The van der Waals surface area contributed by atoms with Gasteiger partial charge in [-0.15, -0.1) is 0 Å². The molecule has 1 aliphatic rings. The van der Waals surface area contributed by atoms with Crippen LogP contribution in [0.4, 0.5) is 5.69 Å². The highest BCUT2D eigenvalue weighted by molar-refractivity contribution is 6.26. The van der Waals surface area contributed by atoms with E-state index >= 15 is 0 Å². The highest BCUT2D eigenvalue weighted by atomic mass is 16.5. The van der Waals surface area contributed by atoms with Gasteiger partial charge in [-0.05, 0) is 24.6 Å². The van der Waals surface area contributed by atoms with E-state index in [1.54, 1.807) is 6.07 Å². The van der Waals surface area contributed by atoms with E-state index in [2.05, 4.69) is 5.32 Å². The van der Waals surface area contributed by atoms with Crippen molar-refractivity contribution in [1.29, 1.82) is 0 Å². The Morgan fingerprint density at radius 2 is 1.92 bits per heavy atom. The molecule has 0 spiro atoms. The summed E-state index contributed by atoms with van der Waals surface area (Å²) >= 11 is 0. The topological polar surface area (TPSA) is 60.3 Å². The minimum Gasteiger partial charge on any atom is -0.467 e. The number of esters is 1. The lowest BCUT2D eigenvalue weighted by Gasteiger charge is -2.25. The molecule has 0 saturated carbocycles. The summed E-state index contributed by atoms with van der Waals surface area (Å²) in [6.07, 6.45) is 1.83. The van der Waals surface area contributed by atoms with Crippen molar-refractivity contribution in [3.63, 3.8) is 0 Å². The third kappa shape index (κ3) is 1.89. The number of aryl methyl sites for hydroxylation is 2. The number of hydrogen-bond acceptors (Lipinski definition) is 4. The number of ketones is 1. The number of carbonyl (C=O) groups is 2. The van der Waals surface area contributed by atoms with Gasteiger partial charge in [-0.25, -0.2) is 4.79 Å². The molecule has 1 atom stereocenters. The number of nitrogens with zero attached hydrogens (tertiary/aromatic N) is 1. The predicted octanol–water partition coefficient (Wildman–Crippen LogP) is 3.16. The van der Waals surface area contributed by atoms with E-state index in [0.717, 1.165) is 16.5 Å². The summed E-state index contributed by atoms with van der Waals surface area (Å²) in [4.78, 5) is 26.2. The van der Waals surface area contributed by atoms with Crippen molar-refractivity contribution >= 4 is 28.3 Å². The number of rotatable bonds is 2. The van der Waals surface area contributed by atoms with Crippen LogP contribution in [0.3, 0.4) is 0 Å². The molecule has 3 aromatic rings. The molecule has 1 N–H and O–H groups in total. The van der Waals surface area contributed by atoms with E-state index in [1.165, 1.54) is 7.11 Å². The van der Waals surface area contributed by atoms with Gasteiger partial charge >= 0.3 is 5.97 Å². The SMILES string of the molecule is COC(=O)C1(c2cn(C)c3ccccc23)Nc2c(C)cccc2C1=O. The van der Waals surface area contributed by atoms with Crippen LogP contribution >= 0.6 is 0 Å². The first-order valence-corrected chi connectivity index (χ1v) is 8.06. The van der Waals surface area contributed by atoms with Crippen molar-refractivity contribution in [2.24, 2.45) is 7.05 Å². The molecule has 0 aliphatic carbocycles. The van der Waals surface area contributed by atoms with Crippen LogP contribution in [0.15, 0.2) is 48.7 Å². The highest BCUT2D eigenvalue weighted by Crippen LogP contribution is 2.44. The van der Waals surface area contributed by atoms with Crippen LogP contribution in [0.2, 0.25) is 0 Å².